The van der Waals surface area contributed by atoms with E-state index in [1.807, 2.05) is 20.8 Å². The number of benzene rings is 1. The van der Waals surface area contributed by atoms with Crippen LogP contribution in [0.1, 0.15) is 31.9 Å². The second kappa shape index (κ2) is 4.73. The number of alkyl halides is 3. The number of anilines is 1. The fourth-order valence-electron chi connectivity index (χ4n) is 1.34. The Kier molecular flexibility index (Phi) is 3.86. The number of hydrogen-bond acceptors (Lipinski definition) is 3. The lowest BCUT2D eigenvalue weighted by Gasteiger charge is -2.20. The van der Waals surface area contributed by atoms with Crippen LogP contribution in [0.4, 0.5) is 18.9 Å². The van der Waals surface area contributed by atoms with Gasteiger partial charge in [0, 0.05) is 15.3 Å². The molecule has 0 aliphatic heterocycles. The Hall–Kier alpha value is -1.35. The molecule has 0 amide bonds. The molecule has 2 nitrogen and oxygen atoms in total. The smallest absolute Gasteiger partial charge is 0.398 e. The Morgan fingerprint density at radius 3 is 2.17 bits per heavy atom. The summed E-state index contributed by atoms with van der Waals surface area (Å²) in [5.41, 5.74) is 4.28. The Morgan fingerprint density at radius 2 is 1.78 bits per heavy atom. The largest absolute Gasteiger partial charge is 0.417 e. The van der Waals surface area contributed by atoms with Gasteiger partial charge < -0.3 is 5.73 Å². The Morgan fingerprint density at radius 1 is 1.22 bits per heavy atom. The minimum Gasteiger partial charge on any atom is -0.398 e. The van der Waals surface area contributed by atoms with Crippen molar-refractivity contribution in [2.24, 2.45) is 0 Å². The van der Waals surface area contributed by atoms with Gasteiger partial charge in [-0.2, -0.15) is 18.4 Å². The van der Waals surface area contributed by atoms with E-state index in [9.17, 15) is 13.2 Å². The molecule has 98 valence electrons. The highest BCUT2D eigenvalue weighted by Gasteiger charge is 2.34. The molecule has 0 heterocycles. The molecule has 1 aromatic rings. The number of hydrogen-bond donors (Lipinski definition) is 1. The van der Waals surface area contributed by atoms with Crippen LogP contribution in [0.5, 0.6) is 0 Å². The fourth-order valence-corrected chi connectivity index (χ4v) is 2.36. The van der Waals surface area contributed by atoms with Crippen molar-refractivity contribution < 1.29 is 13.2 Å². The minimum absolute atomic E-state index is 0.0428. The van der Waals surface area contributed by atoms with Crippen LogP contribution in [-0.2, 0) is 6.18 Å². The van der Waals surface area contributed by atoms with E-state index in [0.717, 1.165) is 6.07 Å². The average molecular weight is 274 g/mol. The van der Waals surface area contributed by atoms with Crippen molar-refractivity contribution in [2.45, 2.75) is 36.6 Å². The highest BCUT2D eigenvalue weighted by atomic mass is 32.2. The van der Waals surface area contributed by atoms with Crippen molar-refractivity contribution in [3.8, 4) is 6.07 Å². The molecule has 0 saturated heterocycles. The Labute approximate surface area is 108 Å². The maximum absolute atomic E-state index is 12.7. The van der Waals surface area contributed by atoms with Crippen LogP contribution in [0.15, 0.2) is 17.0 Å². The van der Waals surface area contributed by atoms with E-state index in [1.54, 1.807) is 6.07 Å². The van der Waals surface area contributed by atoms with Crippen molar-refractivity contribution in [1.82, 2.24) is 0 Å². The summed E-state index contributed by atoms with van der Waals surface area (Å²) in [6.45, 7) is 5.75. The van der Waals surface area contributed by atoms with E-state index in [0.29, 0.717) is 4.90 Å². The lowest BCUT2D eigenvalue weighted by molar-refractivity contribution is -0.137. The van der Waals surface area contributed by atoms with Gasteiger partial charge in [0.1, 0.15) is 0 Å². The zero-order valence-corrected chi connectivity index (χ0v) is 11.0. The highest BCUT2D eigenvalue weighted by molar-refractivity contribution is 8.00. The van der Waals surface area contributed by atoms with Crippen molar-refractivity contribution in [1.29, 1.82) is 5.26 Å². The summed E-state index contributed by atoms with van der Waals surface area (Å²) in [5.74, 6) is 0. The van der Waals surface area contributed by atoms with Gasteiger partial charge in [0.15, 0.2) is 0 Å². The van der Waals surface area contributed by atoms with Crippen LogP contribution in [0.3, 0.4) is 0 Å². The first-order valence-corrected chi connectivity index (χ1v) is 5.96. The molecule has 0 aliphatic carbocycles. The number of thioether (sulfide) groups is 1. The van der Waals surface area contributed by atoms with Gasteiger partial charge in [0.25, 0.3) is 0 Å². The topological polar surface area (TPSA) is 49.8 Å². The molecule has 1 aromatic carbocycles. The van der Waals surface area contributed by atoms with E-state index in [1.165, 1.54) is 17.8 Å². The van der Waals surface area contributed by atoms with Gasteiger partial charge in [0.05, 0.1) is 17.2 Å². The van der Waals surface area contributed by atoms with Gasteiger partial charge in [-0.25, -0.2) is 0 Å². The van der Waals surface area contributed by atoms with E-state index >= 15 is 0 Å². The average Bonchev–Trinajstić information content (AvgIpc) is 2.17. The normalized spacial score (nSPS) is 12.3. The van der Waals surface area contributed by atoms with Gasteiger partial charge in [-0.3, -0.25) is 0 Å². The van der Waals surface area contributed by atoms with E-state index in [-0.39, 0.29) is 10.4 Å². The molecule has 2 N–H and O–H groups in total. The first-order chi connectivity index (χ1) is 8.04. The summed E-state index contributed by atoms with van der Waals surface area (Å²) in [7, 11) is 0. The van der Waals surface area contributed by atoms with Gasteiger partial charge in [-0.15, -0.1) is 11.8 Å². The second-order valence-corrected chi connectivity index (χ2v) is 6.63. The maximum Gasteiger partial charge on any atom is 0.417 e. The molecule has 0 bridgehead atoms. The quantitative estimate of drug-likeness (QED) is 0.621. The number of rotatable bonds is 1. The molecule has 0 aliphatic rings. The summed E-state index contributed by atoms with van der Waals surface area (Å²) in [4.78, 5) is 0.493. The van der Waals surface area contributed by atoms with Gasteiger partial charge >= 0.3 is 6.18 Å². The molecule has 0 spiro atoms. The third-order valence-electron chi connectivity index (χ3n) is 1.99. The SMILES string of the molecule is CC(C)(C)Sc1cc(C#N)c(C(F)(F)F)cc1N. The van der Waals surface area contributed by atoms with E-state index in [2.05, 4.69) is 0 Å². The molecule has 0 saturated carbocycles. The van der Waals surface area contributed by atoms with Gasteiger partial charge in [-0.05, 0) is 12.1 Å². The molecule has 6 heteroatoms. The molecular weight excluding hydrogens is 261 g/mol. The highest BCUT2D eigenvalue weighted by Crippen LogP contribution is 2.40. The molecule has 0 aromatic heterocycles. The number of nitrogens with zero attached hydrogens (tertiary/aromatic N) is 1. The predicted molar refractivity (Wildman–Crippen MR) is 66.2 cm³/mol. The zero-order chi connectivity index (χ0) is 14.1. The molecule has 0 fully saturated rings. The van der Waals surface area contributed by atoms with Crippen molar-refractivity contribution in [3.05, 3.63) is 23.3 Å². The lowest BCUT2D eigenvalue weighted by Crippen LogP contribution is -2.11. The fraction of sp³-hybridized carbons (Fsp3) is 0.417. The van der Waals surface area contributed by atoms with E-state index in [4.69, 9.17) is 11.0 Å². The maximum atomic E-state index is 12.7. The third-order valence-corrected chi connectivity index (χ3v) is 3.18. The molecule has 0 unspecified atom stereocenters. The van der Waals surface area contributed by atoms with Gasteiger partial charge in [-0.1, -0.05) is 20.8 Å². The zero-order valence-electron chi connectivity index (χ0n) is 10.2. The van der Waals surface area contributed by atoms with Crippen LogP contribution in [-0.4, -0.2) is 4.75 Å². The van der Waals surface area contributed by atoms with Crippen LogP contribution in [0.2, 0.25) is 0 Å². The van der Waals surface area contributed by atoms with E-state index < -0.39 is 17.3 Å². The van der Waals surface area contributed by atoms with Crippen molar-refractivity contribution >= 4 is 17.4 Å². The van der Waals surface area contributed by atoms with Crippen molar-refractivity contribution in [3.63, 3.8) is 0 Å². The number of nitrogens with two attached hydrogens (primary N) is 1. The van der Waals surface area contributed by atoms with Crippen molar-refractivity contribution in [2.75, 3.05) is 5.73 Å². The Balaban J connectivity index is 3.33. The van der Waals surface area contributed by atoms with Crippen LogP contribution in [0.25, 0.3) is 0 Å². The number of halogens is 3. The summed E-state index contributed by atoms with van der Waals surface area (Å²) < 4.78 is 37.8. The number of nitrogen functional groups attached to an aromatic ring is 1. The third kappa shape index (κ3) is 3.57. The lowest BCUT2D eigenvalue weighted by atomic mass is 10.1. The molecule has 1 rings (SSSR count). The van der Waals surface area contributed by atoms with Gasteiger partial charge in [0.2, 0.25) is 0 Å². The summed E-state index contributed by atoms with van der Waals surface area (Å²) in [6, 6.07) is 3.60. The summed E-state index contributed by atoms with van der Waals surface area (Å²) >= 11 is 1.33. The Bertz CT molecular complexity index is 496. The molecule has 0 radical (unpaired) electrons. The first kappa shape index (κ1) is 14.7. The van der Waals surface area contributed by atoms with Crippen LogP contribution >= 0.6 is 11.8 Å². The standard InChI is InChI=1S/C12H13F3N2S/c1-11(2,3)18-10-4-7(6-16)8(5-9(10)17)12(13,14)15/h4-5H,17H2,1-3H3. The molecular formula is C12H13F3N2S. The molecule has 0 atom stereocenters. The minimum atomic E-state index is -4.57. The summed E-state index contributed by atoms with van der Waals surface area (Å²) in [5, 5.41) is 8.80. The van der Waals surface area contributed by atoms with Crippen LogP contribution in [0, 0.1) is 11.3 Å². The van der Waals surface area contributed by atoms with Crippen LogP contribution < -0.4 is 5.73 Å². The molecule has 18 heavy (non-hydrogen) atoms. The monoisotopic (exact) mass is 274 g/mol. The second-order valence-electron chi connectivity index (χ2n) is 4.76. The predicted octanol–water partition coefficient (Wildman–Crippen LogP) is 4.05. The summed E-state index contributed by atoms with van der Waals surface area (Å²) in [6.07, 6.45) is -4.57. The first-order valence-electron chi connectivity index (χ1n) is 5.14. The number of nitriles is 1.